The summed E-state index contributed by atoms with van der Waals surface area (Å²) in [6, 6.07) is 0. The van der Waals surface area contributed by atoms with Crippen molar-refractivity contribution in [3.8, 4) is 0 Å². The average molecular weight is 227 g/mol. The van der Waals surface area contributed by atoms with Crippen LogP contribution in [0.25, 0.3) is 0 Å². The van der Waals surface area contributed by atoms with Crippen LogP contribution in [-0.4, -0.2) is 17.6 Å². The second-order valence-electron chi connectivity index (χ2n) is 5.19. The van der Waals surface area contributed by atoms with Crippen LogP contribution in [0.3, 0.4) is 0 Å². The van der Waals surface area contributed by atoms with Crippen molar-refractivity contribution in [2.24, 2.45) is 5.73 Å². The summed E-state index contributed by atoms with van der Waals surface area (Å²) in [5, 5.41) is 0. The van der Waals surface area contributed by atoms with Gasteiger partial charge in [0.05, 0.1) is 0 Å². The number of hydrogen-bond acceptors (Lipinski definition) is 3. The highest BCUT2D eigenvalue weighted by molar-refractivity contribution is 5.80. The summed E-state index contributed by atoms with van der Waals surface area (Å²) >= 11 is 0. The van der Waals surface area contributed by atoms with Crippen LogP contribution in [-0.2, 0) is 9.53 Å². The molecule has 0 bridgehead atoms. The molecule has 0 aromatic carbocycles. The van der Waals surface area contributed by atoms with Gasteiger partial charge in [-0.3, -0.25) is 4.79 Å². The summed E-state index contributed by atoms with van der Waals surface area (Å²) in [5.41, 5.74) is 5.15. The van der Waals surface area contributed by atoms with Gasteiger partial charge in [0.25, 0.3) is 0 Å². The summed E-state index contributed by atoms with van der Waals surface area (Å²) in [7, 11) is 0. The van der Waals surface area contributed by atoms with E-state index in [1.54, 1.807) is 6.92 Å². The Morgan fingerprint density at radius 3 is 2.38 bits per heavy atom. The fourth-order valence-corrected chi connectivity index (χ4v) is 2.27. The zero-order valence-corrected chi connectivity index (χ0v) is 10.6. The van der Waals surface area contributed by atoms with Crippen molar-refractivity contribution in [1.82, 2.24) is 0 Å². The van der Waals surface area contributed by atoms with Crippen LogP contribution in [0.5, 0.6) is 0 Å². The molecule has 0 aromatic heterocycles. The Bertz CT molecular complexity index is 218. The minimum atomic E-state index is -0.805. The lowest BCUT2D eigenvalue weighted by Gasteiger charge is -2.25. The van der Waals surface area contributed by atoms with Gasteiger partial charge < -0.3 is 10.5 Å². The van der Waals surface area contributed by atoms with Gasteiger partial charge in [0.1, 0.15) is 11.6 Å². The van der Waals surface area contributed by atoms with E-state index in [1.807, 2.05) is 6.92 Å². The molecule has 1 fully saturated rings. The maximum absolute atomic E-state index is 11.9. The van der Waals surface area contributed by atoms with Gasteiger partial charge in [0.15, 0.2) is 0 Å². The first-order valence-corrected chi connectivity index (χ1v) is 6.56. The van der Waals surface area contributed by atoms with Gasteiger partial charge in [-0.25, -0.2) is 0 Å². The van der Waals surface area contributed by atoms with E-state index < -0.39 is 5.54 Å². The number of ether oxygens (including phenoxy) is 1. The van der Waals surface area contributed by atoms with E-state index in [1.165, 1.54) is 25.7 Å². The number of carbonyl (C=O) groups excluding carboxylic acids is 1. The molecule has 16 heavy (non-hydrogen) atoms. The lowest BCUT2D eigenvalue weighted by atomic mass is 9.98. The average Bonchev–Trinajstić information content (AvgIpc) is 2.46. The van der Waals surface area contributed by atoms with Gasteiger partial charge in [0.2, 0.25) is 0 Å². The molecular formula is C13H25NO2. The third kappa shape index (κ3) is 4.12. The highest BCUT2D eigenvalue weighted by atomic mass is 16.5. The summed E-state index contributed by atoms with van der Waals surface area (Å²) < 4.78 is 5.52. The van der Waals surface area contributed by atoms with E-state index >= 15 is 0 Å². The van der Waals surface area contributed by atoms with Crippen LogP contribution in [0.15, 0.2) is 0 Å². The minimum absolute atomic E-state index is 0.106. The Morgan fingerprint density at radius 2 is 1.88 bits per heavy atom. The van der Waals surface area contributed by atoms with Gasteiger partial charge in [-0.15, -0.1) is 0 Å². The van der Waals surface area contributed by atoms with Crippen LogP contribution in [0.2, 0.25) is 0 Å². The summed E-state index contributed by atoms with van der Waals surface area (Å²) in [4.78, 5) is 11.9. The maximum Gasteiger partial charge on any atom is 0.326 e. The quantitative estimate of drug-likeness (QED) is 0.593. The fraction of sp³-hybridized carbons (Fsp3) is 0.923. The first-order valence-electron chi connectivity index (χ1n) is 6.56. The Morgan fingerprint density at radius 1 is 1.31 bits per heavy atom. The normalized spacial score (nSPS) is 22.2. The summed E-state index contributed by atoms with van der Waals surface area (Å²) in [5.74, 6) is -0.221. The molecule has 0 heterocycles. The van der Waals surface area contributed by atoms with Gasteiger partial charge in [-0.1, -0.05) is 26.2 Å². The Labute approximate surface area is 98.7 Å². The first-order chi connectivity index (χ1) is 7.56. The minimum Gasteiger partial charge on any atom is -0.461 e. The Balaban J connectivity index is 2.42. The third-order valence-corrected chi connectivity index (χ3v) is 3.31. The van der Waals surface area contributed by atoms with Gasteiger partial charge in [-0.05, 0) is 39.0 Å². The second kappa shape index (κ2) is 6.24. The second-order valence-corrected chi connectivity index (χ2v) is 5.19. The maximum atomic E-state index is 11.9. The van der Waals surface area contributed by atoms with Crippen LogP contribution in [0.4, 0.5) is 0 Å². The van der Waals surface area contributed by atoms with Crippen molar-refractivity contribution in [3.05, 3.63) is 0 Å². The fourth-order valence-electron chi connectivity index (χ4n) is 2.27. The van der Waals surface area contributed by atoms with E-state index in [2.05, 4.69) is 0 Å². The molecule has 3 nitrogen and oxygen atoms in total. The van der Waals surface area contributed by atoms with E-state index in [0.717, 1.165) is 19.3 Å². The van der Waals surface area contributed by atoms with Crippen LogP contribution in [0.1, 0.15) is 65.2 Å². The van der Waals surface area contributed by atoms with Crippen molar-refractivity contribution in [3.63, 3.8) is 0 Å². The Kier molecular flexibility index (Phi) is 5.26. The molecule has 0 amide bonds. The van der Waals surface area contributed by atoms with Gasteiger partial charge >= 0.3 is 5.97 Å². The molecule has 3 heteroatoms. The van der Waals surface area contributed by atoms with E-state index in [0.29, 0.717) is 6.42 Å². The van der Waals surface area contributed by atoms with Crippen LogP contribution < -0.4 is 5.73 Å². The molecule has 1 unspecified atom stereocenters. The summed E-state index contributed by atoms with van der Waals surface area (Å²) in [6.07, 6.45) is 8.61. The zero-order chi connectivity index (χ0) is 12.0. The molecule has 0 aliphatic heterocycles. The summed E-state index contributed by atoms with van der Waals surface area (Å²) in [6.45, 7) is 3.81. The molecule has 94 valence electrons. The first kappa shape index (κ1) is 13.5. The van der Waals surface area contributed by atoms with Gasteiger partial charge in [0, 0.05) is 0 Å². The predicted molar refractivity (Wildman–Crippen MR) is 65.1 cm³/mol. The molecular weight excluding hydrogens is 202 g/mol. The highest BCUT2D eigenvalue weighted by Crippen LogP contribution is 2.22. The number of hydrogen-bond donors (Lipinski definition) is 1. The van der Waals surface area contributed by atoms with Crippen molar-refractivity contribution < 1.29 is 9.53 Å². The molecule has 1 saturated carbocycles. The lowest BCUT2D eigenvalue weighted by Crippen LogP contribution is -2.47. The van der Waals surface area contributed by atoms with E-state index in [-0.39, 0.29) is 12.1 Å². The standard InChI is InChI=1S/C13H25NO2/c1-3-10-13(2,14)12(15)16-11-8-6-4-5-7-9-11/h11H,3-10,14H2,1-2H3. The number of rotatable bonds is 4. The SMILES string of the molecule is CCCC(C)(N)C(=O)OC1CCCCCC1. The topological polar surface area (TPSA) is 52.3 Å². The molecule has 1 atom stereocenters. The smallest absolute Gasteiger partial charge is 0.326 e. The molecule has 1 rings (SSSR count). The number of carbonyl (C=O) groups is 1. The highest BCUT2D eigenvalue weighted by Gasteiger charge is 2.31. The Hall–Kier alpha value is -0.570. The number of nitrogens with two attached hydrogens (primary N) is 1. The van der Waals surface area contributed by atoms with Crippen LogP contribution >= 0.6 is 0 Å². The number of esters is 1. The molecule has 0 radical (unpaired) electrons. The van der Waals surface area contributed by atoms with E-state index in [4.69, 9.17) is 10.5 Å². The molecule has 0 spiro atoms. The van der Waals surface area contributed by atoms with Crippen LogP contribution in [0, 0.1) is 0 Å². The van der Waals surface area contributed by atoms with E-state index in [9.17, 15) is 4.79 Å². The molecule has 0 saturated heterocycles. The van der Waals surface area contributed by atoms with Crippen molar-refractivity contribution in [2.75, 3.05) is 0 Å². The molecule has 1 aliphatic carbocycles. The lowest BCUT2D eigenvalue weighted by molar-refractivity contribution is -0.156. The molecule has 2 N–H and O–H groups in total. The zero-order valence-electron chi connectivity index (χ0n) is 10.6. The van der Waals surface area contributed by atoms with Crippen molar-refractivity contribution in [2.45, 2.75) is 76.9 Å². The monoisotopic (exact) mass is 227 g/mol. The predicted octanol–water partition coefficient (Wildman–Crippen LogP) is 2.77. The molecule has 0 aromatic rings. The van der Waals surface area contributed by atoms with Gasteiger partial charge in [-0.2, -0.15) is 0 Å². The van der Waals surface area contributed by atoms with Crippen molar-refractivity contribution >= 4 is 5.97 Å². The molecule has 1 aliphatic rings. The largest absolute Gasteiger partial charge is 0.461 e. The third-order valence-electron chi connectivity index (χ3n) is 3.31. The van der Waals surface area contributed by atoms with Crippen molar-refractivity contribution in [1.29, 1.82) is 0 Å².